The van der Waals surface area contributed by atoms with Crippen molar-refractivity contribution < 1.29 is 13.9 Å². The third-order valence-corrected chi connectivity index (χ3v) is 6.41. The van der Waals surface area contributed by atoms with Crippen LogP contribution in [0, 0.1) is 17.7 Å². The number of carbonyl (C=O) groups excluding carboxylic acids is 1. The average Bonchev–Trinajstić information content (AvgIpc) is 3.46. The number of halogens is 1. The van der Waals surface area contributed by atoms with Crippen LogP contribution in [0.15, 0.2) is 67.0 Å². The zero-order valence-electron chi connectivity index (χ0n) is 17.4. The van der Waals surface area contributed by atoms with Crippen molar-refractivity contribution >= 4 is 5.78 Å². The van der Waals surface area contributed by atoms with Gasteiger partial charge in [0.2, 0.25) is 0 Å². The first-order valence-corrected chi connectivity index (χ1v) is 10.9. The van der Waals surface area contributed by atoms with Crippen molar-refractivity contribution in [1.29, 1.82) is 0 Å². The topological polar surface area (TPSA) is 47.4 Å². The molecule has 0 radical (unpaired) electrons. The number of hydrogen-bond donors (Lipinski definition) is 0. The Morgan fingerprint density at radius 1 is 1.03 bits per heavy atom. The predicted molar refractivity (Wildman–Crippen MR) is 116 cm³/mol. The Hall–Kier alpha value is -2.99. The van der Waals surface area contributed by atoms with E-state index in [2.05, 4.69) is 22.1 Å². The maximum Gasteiger partial charge on any atom is 0.179 e. The van der Waals surface area contributed by atoms with Gasteiger partial charge in [-0.2, -0.15) is 5.10 Å². The second-order valence-electron chi connectivity index (χ2n) is 8.71. The summed E-state index contributed by atoms with van der Waals surface area (Å²) in [6.07, 6.45) is 5.67. The quantitative estimate of drug-likeness (QED) is 0.542. The molecule has 31 heavy (non-hydrogen) atoms. The van der Waals surface area contributed by atoms with Gasteiger partial charge in [0.05, 0.1) is 31.0 Å². The lowest BCUT2D eigenvalue weighted by atomic mass is 10.0. The number of hydrogen-bond acceptors (Lipinski definition) is 4. The van der Waals surface area contributed by atoms with Crippen LogP contribution in [0.1, 0.15) is 28.8 Å². The van der Waals surface area contributed by atoms with Crippen LogP contribution in [0.4, 0.5) is 4.39 Å². The molecule has 6 heteroatoms. The predicted octanol–water partition coefficient (Wildman–Crippen LogP) is 4.04. The van der Waals surface area contributed by atoms with Crippen LogP contribution in [0.3, 0.4) is 0 Å². The molecule has 0 amide bonds. The van der Waals surface area contributed by atoms with Gasteiger partial charge in [-0.15, -0.1) is 0 Å². The molecule has 1 saturated heterocycles. The Morgan fingerprint density at radius 3 is 2.45 bits per heavy atom. The van der Waals surface area contributed by atoms with Gasteiger partial charge in [0.1, 0.15) is 11.6 Å². The highest BCUT2D eigenvalue weighted by molar-refractivity contribution is 5.97. The Labute approximate surface area is 181 Å². The van der Waals surface area contributed by atoms with Crippen molar-refractivity contribution in [1.82, 2.24) is 14.7 Å². The molecule has 0 N–H and O–H groups in total. The number of ether oxygens (including phenoxy) is 1. The summed E-state index contributed by atoms with van der Waals surface area (Å²) < 4.78 is 20.9. The average molecular weight is 420 g/mol. The van der Waals surface area contributed by atoms with Gasteiger partial charge in [0, 0.05) is 19.3 Å². The molecule has 2 aromatic carbocycles. The van der Waals surface area contributed by atoms with Crippen LogP contribution < -0.4 is 4.74 Å². The normalized spacial score (nSPS) is 23.1. The molecule has 2 heterocycles. The minimum absolute atomic E-state index is 0.124. The maximum absolute atomic E-state index is 13.1. The van der Waals surface area contributed by atoms with Crippen LogP contribution >= 0.6 is 0 Å². The van der Waals surface area contributed by atoms with E-state index in [0.29, 0.717) is 30.5 Å². The molecular formula is C25H26FN3O2. The Bertz CT molecular complexity index is 1020. The third kappa shape index (κ3) is 4.69. The van der Waals surface area contributed by atoms with Gasteiger partial charge < -0.3 is 4.74 Å². The van der Waals surface area contributed by atoms with Gasteiger partial charge >= 0.3 is 0 Å². The molecule has 2 fully saturated rings. The van der Waals surface area contributed by atoms with Gasteiger partial charge in [0.15, 0.2) is 5.78 Å². The number of benzene rings is 2. The molecule has 2 aliphatic rings. The van der Waals surface area contributed by atoms with Crippen molar-refractivity contribution in [3.05, 3.63) is 83.9 Å². The molecule has 160 valence electrons. The SMILES string of the molecule is O=C(CN1CC2CC(Oc3ccc(F)cc3)CC2C1)c1cnn(Cc2ccccc2)c1. The number of aromatic nitrogens is 2. The number of nitrogens with zero attached hydrogens (tertiary/aromatic N) is 3. The van der Waals surface area contributed by atoms with E-state index in [1.165, 1.54) is 12.1 Å². The monoisotopic (exact) mass is 419 g/mol. The molecule has 1 aliphatic heterocycles. The number of ketones is 1. The Balaban J connectivity index is 1.11. The van der Waals surface area contributed by atoms with E-state index < -0.39 is 0 Å². The minimum atomic E-state index is -0.249. The van der Waals surface area contributed by atoms with E-state index in [-0.39, 0.29) is 17.7 Å². The fraction of sp³-hybridized carbons (Fsp3) is 0.360. The number of rotatable bonds is 7. The molecule has 2 unspecified atom stereocenters. The minimum Gasteiger partial charge on any atom is -0.490 e. The largest absolute Gasteiger partial charge is 0.490 e. The van der Waals surface area contributed by atoms with Crippen molar-refractivity contribution in [3.8, 4) is 5.75 Å². The van der Waals surface area contributed by atoms with Crippen molar-refractivity contribution in [2.45, 2.75) is 25.5 Å². The molecule has 0 spiro atoms. The summed E-state index contributed by atoms with van der Waals surface area (Å²) in [5.41, 5.74) is 1.83. The number of likely N-dealkylation sites (tertiary alicyclic amines) is 1. The molecule has 3 aromatic rings. The zero-order valence-corrected chi connectivity index (χ0v) is 17.4. The first kappa shape index (κ1) is 19.9. The van der Waals surface area contributed by atoms with Gasteiger partial charge in [-0.05, 0) is 54.5 Å². The lowest BCUT2D eigenvalue weighted by Gasteiger charge is -2.19. The molecule has 2 atom stereocenters. The van der Waals surface area contributed by atoms with Crippen LogP contribution in [-0.2, 0) is 6.54 Å². The van der Waals surface area contributed by atoms with Crippen molar-refractivity contribution in [2.75, 3.05) is 19.6 Å². The standard InChI is InChI=1S/C25H26FN3O2/c26-22-6-8-23(9-7-22)31-24-10-19-14-28(15-20(19)11-24)17-25(30)21-12-27-29(16-21)13-18-4-2-1-3-5-18/h1-9,12,16,19-20,24H,10-11,13-15,17H2. The van der Waals surface area contributed by atoms with Gasteiger partial charge in [-0.1, -0.05) is 30.3 Å². The Kier molecular flexibility index (Phi) is 5.55. The van der Waals surface area contributed by atoms with Gasteiger partial charge in [-0.3, -0.25) is 14.4 Å². The molecule has 0 bridgehead atoms. The molecule has 5 nitrogen and oxygen atoms in total. The number of fused-ring (bicyclic) bond motifs is 1. The summed E-state index contributed by atoms with van der Waals surface area (Å²) in [7, 11) is 0. The summed E-state index contributed by atoms with van der Waals surface area (Å²) in [5.74, 6) is 1.71. The fourth-order valence-corrected chi connectivity index (χ4v) is 4.93. The smallest absolute Gasteiger partial charge is 0.179 e. The van der Waals surface area contributed by atoms with Crippen LogP contribution in [0.25, 0.3) is 0 Å². The molecule has 5 rings (SSSR count). The summed E-state index contributed by atoms with van der Waals surface area (Å²) in [6.45, 7) is 2.96. The van der Waals surface area contributed by atoms with E-state index in [1.54, 1.807) is 18.3 Å². The van der Waals surface area contributed by atoms with Crippen molar-refractivity contribution in [3.63, 3.8) is 0 Å². The summed E-state index contributed by atoms with van der Waals surface area (Å²) in [4.78, 5) is 15.0. The van der Waals surface area contributed by atoms with Crippen LogP contribution in [0.5, 0.6) is 5.75 Å². The summed E-state index contributed by atoms with van der Waals surface area (Å²) in [6, 6.07) is 16.3. The zero-order chi connectivity index (χ0) is 21.2. The second kappa shape index (κ2) is 8.63. The summed E-state index contributed by atoms with van der Waals surface area (Å²) in [5, 5.41) is 4.36. The van der Waals surface area contributed by atoms with Gasteiger partial charge in [-0.25, -0.2) is 4.39 Å². The fourth-order valence-electron chi connectivity index (χ4n) is 4.93. The highest BCUT2D eigenvalue weighted by Crippen LogP contribution is 2.39. The first-order valence-electron chi connectivity index (χ1n) is 10.9. The van der Waals surface area contributed by atoms with Gasteiger partial charge in [0.25, 0.3) is 0 Å². The highest BCUT2D eigenvalue weighted by Gasteiger charge is 2.42. The molecular weight excluding hydrogens is 393 g/mol. The summed E-state index contributed by atoms with van der Waals surface area (Å²) >= 11 is 0. The second-order valence-corrected chi connectivity index (χ2v) is 8.71. The third-order valence-electron chi connectivity index (χ3n) is 6.41. The molecule has 1 aromatic heterocycles. The van der Waals surface area contributed by atoms with E-state index >= 15 is 0 Å². The van der Waals surface area contributed by atoms with E-state index in [4.69, 9.17) is 4.74 Å². The lowest BCUT2D eigenvalue weighted by Crippen LogP contribution is -2.29. The number of Topliss-reactive ketones (excluding diaryl/α,β-unsaturated/α-hetero) is 1. The van der Waals surface area contributed by atoms with E-state index in [1.807, 2.05) is 29.1 Å². The van der Waals surface area contributed by atoms with E-state index in [0.717, 1.165) is 37.2 Å². The van der Waals surface area contributed by atoms with Crippen molar-refractivity contribution in [2.24, 2.45) is 11.8 Å². The first-order chi connectivity index (χ1) is 15.1. The Morgan fingerprint density at radius 2 is 1.74 bits per heavy atom. The number of carbonyl (C=O) groups is 1. The van der Waals surface area contributed by atoms with E-state index in [9.17, 15) is 9.18 Å². The lowest BCUT2D eigenvalue weighted by molar-refractivity contribution is 0.0936. The molecule has 1 saturated carbocycles. The van der Waals surface area contributed by atoms with Crippen LogP contribution in [0.2, 0.25) is 0 Å². The van der Waals surface area contributed by atoms with Crippen LogP contribution in [-0.4, -0.2) is 46.2 Å². The maximum atomic E-state index is 13.1. The molecule has 1 aliphatic carbocycles. The highest BCUT2D eigenvalue weighted by atomic mass is 19.1.